The Kier molecular flexibility index (Phi) is 3.76. The van der Waals surface area contributed by atoms with Crippen molar-refractivity contribution in [1.82, 2.24) is 30.4 Å². The van der Waals surface area contributed by atoms with E-state index in [0.29, 0.717) is 22.9 Å². The summed E-state index contributed by atoms with van der Waals surface area (Å²) in [7, 11) is 0. The average Bonchev–Trinajstić information content (AvgIpc) is 3.07. The molecule has 2 amide bonds. The highest BCUT2D eigenvalue weighted by molar-refractivity contribution is 5.98. The van der Waals surface area contributed by atoms with Crippen LogP contribution in [0.5, 0.6) is 0 Å². The number of amides is 2. The number of hydrogen-bond donors (Lipinski definition) is 2. The number of nitrogens with one attached hydrogen (secondary N) is 2. The summed E-state index contributed by atoms with van der Waals surface area (Å²) < 4.78 is 6.75. The van der Waals surface area contributed by atoms with Crippen molar-refractivity contribution in [3.05, 3.63) is 46.4 Å². The highest BCUT2D eigenvalue weighted by Crippen LogP contribution is 2.13. The molecule has 9 heteroatoms. The Balaban J connectivity index is 1.74. The lowest BCUT2D eigenvalue weighted by Gasteiger charge is -2.04. The predicted octanol–water partition coefficient (Wildman–Crippen LogP) is 1.03. The third-order valence-electron chi connectivity index (χ3n) is 3.40. The maximum atomic E-state index is 12.1. The second-order valence-corrected chi connectivity index (χ2v) is 5.42. The van der Waals surface area contributed by atoms with Gasteiger partial charge in [0.1, 0.15) is 11.5 Å². The van der Waals surface area contributed by atoms with Gasteiger partial charge in [0.05, 0.1) is 5.56 Å². The van der Waals surface area contributed by atoms with Crippen LogP contribution in [0.25, 0.3) is 5.78 Å². The van der Waals surface area contributed by atoms with Crippen LogP contribution in [0.2, 0.25) is 0 Å². The predicted molar refractivity (Wildman–Crippen MR) is 83.4 cm³/mol. The molecule has 0 saturated heterocycles. The molecule has 9 nitrogen and oxygen atoms in total. The van der Waals surface area contributed by atoms with Crippen molar-refractivity contribution in [2.24, 2.45) is 0 Å². The molecular formula is C15H16N6O3. The maximum absolute atomic E-state index is 12.1. The summed E-state index contributed by atoms with van der Waals surface area (Å²) >= 11 is 0. The highest BCUT2D eigenvalue weighted by Gasteiger charge is 2.18. The van der Waals surface area contributed by atoms with E-state index in [0.717, 1.165) is 11.4 Å². The second kappa shape index (κ2) is 5.76. The van der Waals surface area contributed by atoms with Crippen molar-refractivity contribution < 1.29 is 14.0 Å². The van der Waals surface area contributed by atoms with Crippen LogP contribution in [-0.2, 0) is 0 Å². The molecule has 0 atom stereocenters. The number of hydrazine groups is 1. The van der Waals surface area contributed by atoms with E-state index in [1.54, 1.807) is 19.9 Å². The summed E-state index contributed by atoms with van der Waals surface area (Å²) in [6.07, 6.45) is 0. The fraction of sp³-hybridized carbons (Fsp3) is 0.267. The van der Waals surface area contributed by atoms with Crippen molar-refractivity contribution >= 4 is 17.6 Å². The van der Waals surface area contributed by atoms with Gasteiger partial charge < -0.3 is 4.42 Å². The molecule has 0 aliphatic carbocycles. The van der Waals surface area contributed by atoms with Crippen LogP contribution in [0.15, 0.2) is 16.5 Å². The molecule has 0 bridgehead atoms. The fourth-order valence-electron chi connectivity index (χ4n) is 2.36. The van der Waals surface area contributed by atoms with E-state index >= 15 is 0 Å². The Morgan fingerprint density at radius 1 is 1.04 bits per heavy atom. The van der Waals surface area contributed by atoms with Gasteiger partial charge in [-0.15, -0.1) is 5.10 Å². The van der Waals surface area contributed by atoms with E-state index in [9.17, 15) is 9.59 Å². The minimum absolute atomic E-state index is 0.0865. The molecule has 0 radical (unpaired) electrons. The number of furan rings is 1. The van der Waals surface area contributed by atoms with Gasteiger partial charge in [-0.1, -0.05) is 0 Å². The van der Waals surface area contributed by atoms with Crippen LogP contribution in [0.3, 0.4) is 0 Å². The zero-order valence-electron chi connectivity index (χ0n) is 13.7. The van der Waals surface area contributed by atoms with Crippen LogP contribution in [0, 0.1) is 27.7 Å². The molecule has 2 N–H and O–H groups in total. The molecular weight excluding hydrogens is 312 g/mol. The first-order chi connectivity index (χ1) is 11.3. The third-order valence-corrected chi connectivity index (χ3v) is 3.40. The summed E-state index contributed by atoms with van der Waals surface area (Å²) in [5.41, 5.74) is 6.53. The van der Waals surface area contributed by atoms with Crippen molar-refractivity contribution in [3.63, 3.8) is 0 Å². The zero-order chi connectivity index (χ0) is 17.4. The van der Waals surface area contributed by atoms with E-state index in [4.69, 9.17) is 4.42 Å². The molecule has 3 heterocycles. The number of hydrogen-bond acceptors (Lipinski definition) is 6. The molecule has 3 aromatic heterocycles. The lowest BCUT2D eigenvalue weighted by molar-refractivity contribution is 0.0840. The molecule has 0 unspecified atom stereocenters. The molecule has 0 aliphatic heterocycles. The van der Waals surface area contributed by atoms with Gasteiger partial charge >= 0.3 is 5.91 Å². The normalized spacial score (nSPS) is 10.8. The maximum Gasteiger partial charge on any atom is 0.309 e. The summed E-state index contributed by atoms with van der Waals surface area (Å²) in [5.74, 6) is 0.209. The quantitative estimate of drug-likeness (QED) is 0.679. The largest absolute Gasteiger partial charge is 0.466 e. The lowest BCUT2D eigenvalue weighted by Crippen LogP contribution is -2.42. The Bertz CT molecular complexity index is 956. The van der Waals surface area contributed by atoms with Gasteiger partial charge in [-0.3, -0.25) is 20.4 Å². The van der Waals surface area contributed by atoms with E-state index in [2.05, 4.69) is 25.9 Å². The van der Waals surface area contributed by atoms with Gasteiger partial charge in [-0.05, 0) is 39.8 Å². The molecule has 0 spiro atoms. The van der Waals surface area contributed by atoms with Crippen molar-refractivity contribution in [1.29, 1.82) is 0 Å². The molecule has 0 aromatic carbocycles. The van der Waals surface area contributed by atoms with Crippen molar-refractivity contribution in [3.8, 4) is 0 Å². The molecule has 124 valence electrons. The van der Waals surface area contributed by atoms with Gasteiger partial charge in [-0.25, -0.2) is 9.50 Å². The van der Waals surface area contributed by atoms with Gasteiger partial charge in [0.2, 0.25) is 5.82 Å². The minimum atomic E-state index is -0.635. The third kappa shape index (κ3) is 2.83. The van der Waals surface area contributed by atoms with E-state index in [-0.39, 0.29) is 5.82 Å². The Labute approximate surface area is 137 Å². The van der Waals surface area contributed by atoms with E-state index in [1.807, 2.05) is 19.9 Å². The van der Waals surface area contributed by atoms with E-state index < -0.39 is 11.8 Å². The monoisotopic (exact) mass is 328 g/mol. The first kappa shape index (κ1) is 15.7. The number of aromatic nitrogens is 4. The summed E-state index contributed by atoms with van der Waals surface area (Å²) in [6, 6.07) is 3.42. The topological polar surface area (TPSA) is 114 Å². The lowest BCUT2D eigenvalue weighted by atomic mass is 10.2. The standard InChI is InChI=1S/C15H16N6O3/c1-7-5-8(2)21-15(16-7)17-12(20-21)14(23)19-18-13(22)11-6-9(3)24-10(11)4/h5-6H,1-4H3,(H,18,22)(H,19,23). The molecule has 24 heavy (non-hydrogen) atoms. The number of carbonyl (C=O) groups excluding carboxylic acids is 2. The smallest absolute Gasteiger partial charge is 0.309 e. The number of carbonyl (C=O) groups is 2. The van der Waals surface area contributed by atoms with Gasteiger partial charge in [-0.2, -0.15) is 4.98 Å². The minimum Gasteiger partial charge on any atom is -0.466 e. The Morgan fingerprint density at radius 3 is 2.42 bits per heavy atom. The van der Waals surface area contributed by atoms with Crippen LogP contribution in [0.1, 0.15) is 43.9 Å². The zero-order valence-corrected chi connectivity index (χ0v) is 13.7. The first-order valence-corrected chi connectivity index (χ1v) is 7.24. The summed E-state index contributed by atoms with van der Waals surface area (Å²) in [6.45, 7) is 7.07. The highest BCUT2D eigenvalue weighted by atomic mass is 16.3. The van der Waals surface area contributed by atoms with Gasteiger partial charge in [0, 0.05) is 11.4 Å². The SMILES string of the molecule is Cc1cc(C)n2nc(C(=O)NNC(=O)c3cc(C)oc3C)nc2n1. The van der Waals surface area contributed by atoms with Crippen LogP contribution in [0.4, 0.5) is 0 Å². The molecule has 0 fully saturated rings. The van der Waals surface area contributed by atoms with Gasteiger partial charge in [0.15, 0.2) is 0 Å². The summed E-state index contributed by atoms with van der Waals surface area (Å²) in [4.78, 5) is 32.4. The van der Waals surface area contributed by atoms with Crippen LogP contribution >= 0.6 is 0 Å². The Morgan fingerprint density at radius 2 is 1.75 bits per heavy atom. The number of fused-ring (bicyclic) bond motifs is 1. The molecule has 0 saturated carbocycles. The van der Waals surface area contributed by atoms with E-state index in [1.165, 1.54) is 4.52 Å². The number of rotatable bonds is 2. The summed E-state index contributed by atoms with van der Waals surface area (Å²) in [5, 5.41) is 4.09. The van der Waals surface area contributed by atoms with Crippen LogP contribution in [-0.4, -0.2) is 31.4 Å². The molecule has 3 rings (SSSR count). The first-order valence-electron chi connectivity index (χ1n) is 7.24. The Hall–Kier alpha value is -3.23. The molecule has 0 aliphatic rings. The second-order valence-electron chi connectivity index (χ2n) is 5.42. The van der Waals surface area contributed by atoms with Crippen LogP contribution < -0.4 is 10.9 Å². The van der Waals surface area contributed by atoms with Crippen molar-refractivity contribution in [2.75, 3.05) is 0 Å². The average molecular weight is 328 g/mol. The molecule has 3 aromatic rings. The van der Waals surface area contributed by atoms with Gasteiger partial charge in [0.25, 0.3) is 11.7 Å². The van der Waals surface area contributed by atoms with Crippen molar-refractivity contribution in [2.45, 2.75) is 27.7 Å². The number of aryl methyl sites for hydroxylation is 4. The fourth-order valence-corrected chi connectivity index (χ4v) is 2.36. The number of nitrogens with zero attached hydrogens (tertiary/aromatic N) is 4.